The van der Waals surface area contributed by atoms with Crippen LogP contribution in [-0.4, -0.2) is 45.2 Å². The number of amides is 1. The Labute approximate surface area is 107 Å². The van der Waals surface area contributed by atoms with Crippen LogP contribution in [0.3, 0.4) is 0 Å². The summed E-state index contributed by atoms with van der Waals surface area (Å²) in [6.45, 7) is 0.544. The summed E-state index contributed by atoms with van der Waals surface area (Å²) in [7, 11) is 4.98. The second kappa shape index (κ2) is 6.86. The van der Waals surface area contributed by atoms with Gasteiger partial charge in [0.05, 0.1) is 7.11 Å². The van der Waals surface area contributed by atoms with Crippen molar-refractivity contribution in [2.45, 2.75) is 6.42 Å². The van der Waals surface area contributed by atoms with Gasteiger partial charge in [-0.05, 0) is 24.6 Å². The van der Waals surface area contributed by atoms with Crippen LogP contribution in [-0.2, 0) is 11.2 Å². The number of carbonyl (C=O) groups is 1. The van der Waals surface area contributed by atoms with Crippen molar-refractivity contribution >= 4 is 5.91 Å². The lowest BCUT2D eigenvalue weighted by Gasteiger charge is -2.14. The molecule has 0 aliphatic rings. The van der Waals surface area contributed by atoms with Gasteiger partial charge >= 0.3 is 0 Å². The molecular weight excluding hydrogens is 232 g/mol. The van der Waals surface area contributed by atoms with E-state index in [0.717, 1.165) is 5.56 Å². The lowest BCUT2D eigenvalue weighted by atomic mass is 10.1. The van der Waals surface area contributed by atoms with Gasteiger partial charge in [0.2, 0.25) is 0 Å². The van der Waals surface area contributed by atoms with E-state index in [1.54, 1.807) is 27.3 Å². The summed E-state index contributed by atoms with van der Waals surface area (Å²) in [4.78, 5) is 13.0. The molecule has 0 atom stereocenters. The minimum atomic E-state index is -0.0866. The minimum Gasteiger partial charge on any atom is -0.497 e. The third kappa shape index (κ3) is 3.92. The zero-order valence-corrected chi connectivity index (χ0v) is 11.1. The fraction of sp³-hybridized carbons (Fsp3) is 0.462. The van der Waals surface area contributed by atoms with Crippen LogP contribution in [0.15, 0.2) is 18.2 Å². The van der Waals surface area contributed by atoms with E-state index in [0.29, 0.717) is 24.5 Å². The average Bonchev–Trinajstić information content (AvgIpc) is 2.37. The third-order valence-corrected chi connectivity index (χ3v) is 2.54. The number of ether oxygens (including phenoxy) is 2. The monoisotopic (exact) mass is 252 g/mol. The zero-order valence-electron chi connectivity index (χ0n) is 11.1. The number of hydrogen-bond donors (Lipinski definition) is 1. The Hall–Kier alpha value is -1.75. The predicted molar refractivity (Wildman–Crippen MR) is 69.9 cm³/mol. The van der Waals surface area contributed by atoms with E-state index in [9.17, 15) is 4.79 Å². The second-order valence-corrected chi connectivity index (χ2v) is 4.09. The van der Waals surface area contributed by atoms with Gasteiger partial charge in [0.1, 0.15) is 11.5 Å². The van der Waals surface area contributed by atoms with Gasteiger partial charge in [-0.25, -0.2) is 0 Å². The van der Waals surface area contributed by atoms with Crippen molar-refractivity contribution in [3.63, 3.8) is 0 Å². The molecule has 1 aromatic carbocycles. The maximum atomic E-state index is 11.5. The number of nitrogens with two attached hydrogens (primary N) is 1. The number of nitrogens with zero attached hydrogens (tertiary/aromatic N) is 1. The van der Waals surface area contributed by atoms with Crippen molar-refractivity contribution < 1.29 is 14.3 Å². The molecule has 5 heteroatoms. The number of benzene rings is 1. The Morgan fingerprint density at radius 2 is 2.11 bits per heavy atom. The van der Waals surface area contributed by atoms with E-state index in [1.807, 2.05) is 12.1 Å². The van der Waals surface area contributed by atoms with E-state index < -0.39 is 0 Å². The molecule has 0 saturated heterocycles. The highest BCUT2D eigenvalue weighted by molar-refractivity contribution is 5.77. The molecule has 0 fully saturated rings. The summed E-state index contributed by atoms with van der Waals surface area (Å²) in [6.07, 6.45) is 0.704. The van der Waals surface area contributed by atoms with Crippen molar-refractivity contribution in [3.8, 4) is 11.5 Å². The molecule has 0 unspecified atom stereocenters. The Morgan fingerprint density at radius 3 is 2.67 bits per heavy atom. The molecule has 0 radical (unpaired) electrons. The fourth-order valence-electron chi connectivity index (χ4n) is 1.43. The smallest absolute Gasteiger partial charge is 0.259 e. The first-order chi connectivity index (χ1) is 8.58. The van der Waals surface area contributed by atoms with E-state index in [2.05, 4.69) is 0 Å². The number of likely N-dealkylation sites (N-methyl/N-ethyl adjacent to an activating group) is 1. The van der Waals surface area contributed by atoms with Gasteiger partial charge in [-0.1, -0.05) is 6.07 Å². The summed E-state index contributed by atoms with van der Waals surface area (Å²) in [5.74, 6) is 1.26. The Kier molecular flexibility index (Phi) is 5.45. The number of hydrogen-bond acceptors (Lipinski definition) is 4. The number of carbonyl (C=O) groups excluding carboxylic acids is 1. The highest BCUT2D eigenvalue weighted by Crippen LogP contribution is 2.25. The third-order valence-electron chi connectivity index (χ3n) is 2.54. The SMILES string of the molecule is COc1ccc(CCN)c(OCC(=O)N(C)C)c1. The zero-order chi connectivity index (χ0) is 13.5. The van der Waals surface area contributed by atoms with Gasteiger partial charge in [-0.3, -0.25) is 4.79 Å². The standard InChI is InChI=1S/C13H20N2O3/c1-15(2)13(16)9-18-12-8-11(17-3)5-4-10(12)6-7-14/h4-5,8H,6-7,9,14H2,1-3H3. The van der Waals surface area contributed by atoms with Crippen LogP contribution in [0.1, 0.15) is 5.56 Å². The summed E-state index contributed by atoms with van der Waals surface area (Å²) in [5.41, 5.74) is 6.52. The molecule has 100 valence electrons. The molecule has 0 aliphatic carbocycles. The molecule has 0 heterocycles. The molecule has 1 rings (SSSR count). The number of rotatable bonds is 6. The molecule has 0 aromatic heterocycles. The van der Waals surface area contributed by atoms with Gasteiger partial charge in [0, 0.05) is 20.2 Å². The maximum absolute atomic E-state index is 11.5. The quantitative estimate of drug-likeness (QED) is 0.808. The number of methoxy groups -OCH3 is 1. The van der Waals surface area contributed by atoms with Crippen molar-refractivity contribution in [1.82, 2.24) is 4.90 Å². The maximum Gasteiger partial charge on any atom is 0.259 e. The van der Waals surface area contributed by atoms with Gasteiger partial charge in [0.25, 0.3) is 5.91 Å². The van der Waals surface area contributed by atoms with E-state index in [4.69, 9.17) is 15.2 Å². The molecular formula is C13H20N2O3. The van der Waals surface area contributed by atoms with Crippen LogP contribution < -0.4 is 15.2 Å². The molecule has 18 heavy (non-hydrogen) atoms. The normalized spacial score (nSPS) is 10.0. The first-order valence-electron chi connectivity index (χ1n) is 5.78. The van der Waals surface area contributed by atoms with Gasteiger partial charge in [-0.15, -0.1) is 0 Å². The highest BCUT2D eigenvalue weighted by Gasteiger charge is 2.09. The first-order valence-corrected chi connectivity index (χ1v) is 5.78. The van der Waals surface area contributed by atoms with Crippen LogP contribution in [0.25, 0.3) is 0 Å². The fourth-order valence-corrected chi connectivity index (χ4v) is 1.43. The van der Waals surface area contributed by atoms with Crippen LogP contribution in [0.4, 0.5) is 0 Å². The average molecular weight is 252 g/mol. The predicted octanol–water partition coefficient (Wildman–Crippen LogP) is 0.663. The summed E-state index contributed by atoms with van der Waals surface area (Å²) in [6, 6.07) is 5.53. The lowest BCUT2D eigenvalue weighted by Crippen LogP contribution is -2.27. The van der Waals surface area contributed by atoms with Crippen LogP contribution in [0.2, 0.25) is 0 Å². The first kappa shape index (κ1) is 14.3. The molecule has 2 N–H and O–H groups in total. The lowest BCUT2D eigenvalue weighted by molar-refractivity contribution is -0.130. The second-order valence-electron chi connectivity index (χ2n) is 4.09. The largest absolute Gasteiger partial charge is 0.497 e. The molecule has 1 amide bonds. The van der Waals surface area contributed by atoms with Crippen LogP contribution in [0.5, 0.6) is 11.5 Å². The molecule has 1 aromatic rings. The van der Waals surface area contributed by atoms with E-state index in [-0.39, 0.29) is 12.5 Å². The summed E-state index contributed by atoms with van der Waals surface area (Å²) in [5, 5.41) is 0. The minimum absolute atomic E-state index is 0.0116. The Balaban J connectivity index is 2.80. The molecule has 5 nitrogen and oxygen atoms in total. The van der Waals surface area contributed by atoms with Crippen molar-refractivity contribution in [3.05, 3.63) is 23.8 Å². The van der Waals surface area contributed by atoms with Crippen molar-refractivity contribution in [2.75, 3.05) is 34.4 Å². The topological polar surface area (TPSA) is 64.8 Å². The van der Waals surface area contributed by atoms with Crippen molar-refractivity contribution in [1.29, 1.82) is 0 Å². The highest BCUT2D eigenvalue weighted by atomic mass is 16.5. The molecule has 0 bridgehead atoms. The van der Waals surface area contributed by atoms with Gasteiger partial charge in [-0.2, -0.15) is 0 Å². The summed E-state index contributed by atoms with van der Waals surface area (Å²) < 4.78 is 10.7. The molecule has 0 aliphatic heterocycles. The van der Waals surface area contributed by atoms with Crippen LogP contribution in [0, 0.1) is 0 Å². The molecule has 0 saturated carbocycles. The molecule has 0 spiro atoms. The Morgan fingerprint density at radius 1 is 1.39 bits per heavy atom. The van der Waals surface area contributed by atoms with Gasteiger partial charge in [0.15, 0.2) is 6.61 Å². The van der Waals surface area contributed by atoms with E-state index in [1.165, 1.54) is 4.90 Å². The summed E-state index contributed by atoms with van der Waals surface area (Å²) >= 11 is 0. The van der Waals surface area contributed by atoms with E-state index >= 15 is 0 Å². The van der Waals surface area contributed by atoms with Crippen LogP contribution >= 0.6 is 0 Å². The van der Waals surface area contributed by atoms with Gasteiger partial charge < -0.3 is 20.1 Å². The Bertz CT molecular complexity index is 405. The van der Waals surface area contributed by atoms with Crippen molar-refractivity contribution in [2.24, 2.45) is 5.73 Å².